The molecule has 6 nitrogen and oxygen atoms in total. The van der Waals surface area contributed by atoms with Gasteiger partial charge in [-0.05, 0) is 24.3 Å². The van der Waals surface area contributed by atoms with Crippen molar-refractivity contribution in [2.75, 3.05) is 26.1 Å². The molecule has 0 saturated heterocycles. The van der Waals surface area contributed by atoms with E-state index in [2.05, 4.69) is 26.1 Å². The number of anilines is 1. The van der Waals surface area contributed by atoms with Crippen LogP contribution in [-0.2, 0) is 14.3 Å². The fraction of sp³-hybridized carbons (Fsp3) is 0.600. The number of amides is 1. The first-order valence-corrected chi connectivity index (χ1v) is 11.1. The van der Waals surface area contributed by atoms with Crippen molar-refractivity contribution in [3.8, 4) is 11.5 Å². The smallest absolute Gasteiger partial charge is 0.330 e. The molecule has 0 heterocycles. The molecule has 1 N–H and O–H groups in total. The number of nitrogens with one attached hydrogen (secondary N) is 1. The average Bonchev–Trinajstić information content (AvgIpc) is 2.71. The minimum atomic E-state index is -0.423. The first-order valence-electron chi connectivity index (χ1n) is 11.1. The molecule has 1 amide bonds. The second kappa shape index (κ2) is 13.7. The molecule has 0 fully saturated rings. The minimum absolute atomic E-state index is 0.140. The molecule has 31 heavy (non-hydrogen) atoms. The Labute approximate surface area is 187 Å². The molecule has 1 atom stereocenters. The normalized spacial score (nSPS) is 12.3. The third-order valence-electron chi connectivity index (χ3n) is 5.07. The highest BCUT2D eigenvalue weighted by molar-refractivity contribution is 5.97. The highest BCUT2D eigenvalue weighted by Crippen LogP contribution is 2.34. The molecule has 6 heteroatoms. The van der Waals surface area contributed by atoms with E-state index in [1.54, 1.807) is 25.3 Å². The zero-order valence-electron chi connectivity index (χ0n) is 20.1. The van der Waals surface area contributed by atoms with Crippen LogP contribution in [-0.4, -0.2) is 32.7 Å². The van der Waals surface area contributed by atoms with Crippen LogP contribution in [0.1, 0.15) is 65.9 Å². The lowest BCUT2D eigenvalue weighted by Crippen LogP contribution is -2.18. The fourth-order valence-electron chi connectivity index (χ4n) is 3.02. The van der Waals surface area contributed by atoms with Gasteiger partial charge < -0.3 is 19.5 Å². The van der Waals surface area contributed by atoms with Crippen LogP contribution in [0.15, 0.2) is 18.2 Å². The summed E-state index contributed by atoms with van der Waals surface area (Å²) in [5.41, 5.74) is 1.09. The molecule has 174 valence electrons. The molecule has 0 aliphatic heterocycles. The molecular weight excluding hydrogens is 394 g/mol. The monoisotopic (exact) mass is 433 g/mol. The number of methoxy groups -OCH3 is 2. The largest absolute Gasteiger partial charge is 0.497 e. The molecule has 0 aliphatic rings. The summed E-state index contributed by atoms with van der Waals surface area (Å²) in [6.07, 6.45) is 7.38. The standard InChI is InChI=1S/C25H39NO5/c1-17(2)9-8-10-19(5)13-14-31-24(27)12-11-21-22(26-25(28)18(3)4)15-20(29-6)16-23(21)30-7/h11-12,15-19H,8-10,13-14H2,1-7H3,(H,26,28)/b12-11+. The minimum Gasteiger partial charge on any atom is -0.497 e. The Morgan fingerprint density at radius 3 is 2.29 bits per heavy atom. The van der Waals surface area contributed by atoms with Crippen LogP contribution in [0.5, 0.6) is 11.5 Å². The zero-order chi connectivity index (χ0) is 23.4. The van der Waals surface area contributed by atoms with Crippen LogP contribution >= 0.6 is 0 Å². The first-order chi connectivity index (χ1) is 14.7. The van der Waals surface area contributed by atoms with Crippen molar-refractivity contribution < 1.29 is 23.8 Å². The molecule has 0 spiro atoms. The van der Waals surface area contributed by atoms with Crippen molar-refractivity contribution in [3.05, 3.63) is 23.8 Å². The van der Waals surface area contributed by atoms with E-state index in [4.69, 9.17) is 14.2 Å². The lowest BCUT2D eigenvalue weighted by atomic mass is 9.98. The maximum Gasteiger partial charge on any atom is 0.330 e. The van der Waals surface area contributed by atoms with Crippen LogP contribution in [0.2, 0.25) is 0 Å². The van der Waals surface area contributed by atoms with Gasteiger partial charge in [0.25, 0.3) is 0 Å². The van der Waals surface area contributed by atoms with Crippen molar-refractivity contribution in [3.63, 3.8) is 0 Å². The summed E-state index contributed by atoms with van der Waals surface area (Å²) < 4.78 is 16.1. The maximum absolute atomic E-state index is 12.2. The van der Waals surface area contributed by atoms with E-state index >= 15 is 0 Å². The van der Waals surface area contributed by atoms with Gasteiger partial charge in [-0.1, -0.05) is 53.9 Å². The summed E-state index contributed by atoms with van der Waals surface area (Å²) in [5.74, 6) is 1.52. The van der Waals surface area contributed by atoms with Gasteiger partial charge in [-0.25, -0.2) is 4.79 Å². The van der Waals surface area contributed by atoms with Crippen molar-refractivity contribution in [2.45, 2.75) is 60.3 Å². The Bertz CT molecular complexity index is 740. The first kappa shape index (κ1) is 26.5. The number of hydrogen-bond acceptors (Lipinski definition) is 5. The van der Waals surface area contributed by atoms with E-state index in [0.717, 1.165) is 18.8 Å². The van der Waals surface area contributed by atoms with Crippen LogP contribution in [0.25, 0.3) is 6.08 Å². The zero-order valence-corrected chi connectivity index (χ0v) is 20.1. The van der Waals surface area contributed by atoms with E-state index in [1.807, 2.05) is 13.8 Å². The van der Waals surface area contributed by atoms with Gasteiger partial charge in [-0.2, -0.15) is 0 Å². The van der Waals surface area contributed by atoms with Crippen LogP contribution < -0.4 is 14.8 Å². The fourth-order valence-corrected chi connectivity index (χ4v) is 3.02. The Kier molecular flexibility index (Phi) is 11.8. The SMILES string of the molecule is COc1cc(NC(=O)C(C)C)c(/C=C/C(=O)OCCC(C)CCCC(C)C)c(OC)c1. The number of rotatable bonds is 13. The molecular formula is C25H39NO5. The molecule has 0 bridgehead atoms. The summed E-state index contributed by atoms with van der Waals surface area (Å²) in [6, 6.07) is 3.40. The number of ether oxygens (including phenoxy) is 3. The maximum atomic E-state index is 12.2. The Morgan fingerprint density at radius 1 is 1.00 bits per heavy atom. The van der Waals surface area contributed by atoms with Gasteiger partial charge in [0.05, 0.1) is 26.5 Å². The van der Waals surface area contributed by atoms with Crippen molar-refractivity contribution in [1.82, 2.24) is 0 Å². The Morgan fingerprint density at radius 2 is 1.71 bits per heavy atom. The summed E-state index contributed by atoms with van der Waals surface area (Å²) >= 11 is 0. The van der Waals surface area contributed by atoms with E-state index in [9.17, 15) is 9.59 Å². The topological polar surface area (TPSA) is 73.9 Å². The van der Waals surface area contributed by atoms with E-state index in [0.29, 0.717) is 35.3 Å². The highest BCUT2D eigenvalue weighted by Gasteiger charge is 2.15. The molecule has 0 aromatic heterocycles. The van der Waals surface area contributed by atoms with Gasteiger partial charge in [0.2, 0.25) is 5.91 Å². The Balaban J connectivity index is 2.78. The van der Waals surface area contributed by atoms with Crippen LogP contribution in [0.4, 0.5) is 5.69 Å². The second-order valence-corrected chi connectivity index (χ2v) is 8.65. The van der Waals surface area contributed by atoms with E-state index in [1.165, 1.54) is 26.0 Å². The van der Waals surface area contributed by atoms with Gasteiger partial charge in [-0.15, -0.1) is 0 Å². The predicted octanol–water partition coefficient (Wildman–Crippen LogP) is 5.71. The van der Waals surface area contributed by atoms with Gasteiger partial charge in [0, 0.05) is 29.7 Å². The summed E-state index contributed by atoms with van der Waals surface area (Å²) in [4.78, 5) is 24.4. The lowest BCUT2D eigenvalue weighted by molar-refractivity contribution is -0.138. The third-order valence-corrected chi connectivity index (χ3v) is 5.07. The number of carbonyl (C=O) groups is 2. The second-order valence-electron chi connectivity index (χ2n) is 8.65. The number of esters is 1. The average molecular weight is 434 g/mol. The van der Waals surface area contributed by atoms with Crippen molar-refractivity contribution in [2.24, 2.45) is 17.8 Å². The predicted molar refractivity (Wildman–Crippen MR) is 125 cm³/mol. The molecule has 0 saturated carbocycles. The Hall–Kier alpha value is -2.50. The quantitative estimate of drug-likeness (QED) is 0.319. The molecule has 1 rings (SSSR count). The van der Waals surface area contributed by atoms with Crippen molar-refractivity contribution in [1.29, 1.82) is 0 Å². The van der Waals surface area contributed by atoms with Gasteiger partial charge >= 0.3 is 5.97 Å². The molecule has 1 unspecified atom stereocenters. The molecule has 1 aromatic rings. The third kappa shape index (κ3) is 9.90. The highest BCUT2D eigenvalue weighted by atomic mass is 16.5. The molecule has 0 aliphatic carbocycles. The van der Waals surface area contributed by atoms with E-state index < -0.39 is 5.97 Å². The lowest BCUT2D eigenvalue weighted by Gasteiger charge is -2.15. The van der Waals surface area contributed by atoms with Crippen molar-refractivity contribution >= 4 is 23.6 Å². The summed E-state index contributed by atoms with van der Waals surface area (Å²) in [6.45, 7) is 10.7. The summed E-state index contributed by atoms with van der Waals surface area (Å²) in [7, 11) is 3.07. The van der Waals surface area contributed by atoms with Crippen LogP contribution in [0, 0.1) is 17.8 Å². The molecule has 0 radical (unpaired) electrons. The van der Waals surface area contributed by atoms with Gasteiger partial charge in [0.1, 0.15) is 11.5 Å². The number of benzene rings is 1. The van der Waals surface area contributed by atoms with Gasteiger partial charge in [-0.3, -0.25) is 4.79 Å². The number of carbonyl (C=O) groups excluding carboxylic acids is 2. The number of hydrogen-bond donors (Lipinski definition) is 1. The van der Waals surface area contributed by atoms with Crippen LogP contribution in [0.3, 0.4) is 0 Å². The molecule has 1 aromatic carbocycles. The van der Waals surface area contributed by atoms with Gasteiger partial charge in [0.15, 0.2) is 0 Å². The van der Waals surface area contributed by atoms with E-state index in [-0.39, 0.29) is 11.8 Å². The summed E-state index contributed by atoms with van der Waals surface area (Å²) in [5, 5.41) is 2.87.